The van der Waals surface area contributed by atoms with E-state index in [1.807, 2.05) is 42.5 Å². The number of thioether (sulfide) groups is 1. The highest BCUT2D eigenvalue weighted by molar-refractivity contribution is 7.99. The lowest BCUT2D eigenvalue weighted by Crippen LogP contribution is -2.26. The third-order valence-electron chi connectivity index (χ3n) is 6.95. The highest BCUT2D eigenvalue weighted by Crippen LogP contribution is 2.44. The van der Waals surface area contributed by atoms with E-state index in [4.69, 9.17) is 4.98 Å². The van der Waals surface area contributed by atoms with Gasteiger partial charge in [0.15, 0.2) is 5.16 Å². The molecule has 0 spiro atoms. The molecule has 5 rings (SSSR count). The molecular formula is C29H28N4O2S2. The normalized spacial score (nSPS) is 15.2. The molecule has 0 bridgehead atoms. The second-order valence-electron chi connectivity index (χ2n) is 10.3. The van der Waals surface area contributed by atoms with Crippen LogP contribution in [0.5, 0.6) is 0 Å². The first kappa shape index (κ1) is 25.2. The molecule has 1 atom stereocenters. The molecule has 0 radical (unpaired) electrons. The minimum atomic E-state index is -0.227. The number of carbonyl (C=O) groups excluding carboxylic acids is 1. The summed E-state index contributed by atoms with van der Waals surface area (Å²) in [6.45, 7) is 6.78. The standard InChI is InChI=1S/C29H28N4O2S2/c1-29(2,3)18-13-14-20-22(16-30)26(37-24(20)15-18)32-25(34)17-36-28-31-23-12-8-7-11-21(23)27(35)33(28)19-9-5-4-6-10-19/h4-12,18H,13-15,17H2,1-3H3,(H,32,34)/t18-/m0/s1. The van der Waals surface area contributed by atoms with Crippen molar-refractivity contribution in [2.24, 2.45) is 11.3 Å². The first-order valence-electron chi connectivity index (χ1n) is 12.3. The Labute approximate surface area is 224 Å². The molecule has 1 aliphatic rings. The Morgan fingerprint density at radius 1 is 1.19 bits per heavy atom. The zero-order chi connectivity index (χ0) is 26.2. The quantitative estimate of drug-likeness (QED) is 0.246. The predicted octanol–water partition coefficient (Wildman–Crippen LogP) is 6.20. The average molecular weight is 529 g/mol. The van der Waals surface area contributed by atoms with Crippen molar-refractivity contribution >= 4 is 44.9 Å². The van der Waals surface area contributed by atoms with Crippen molar-refractivity contribution in [3.8, 4) is 11.8 Å². The smallest absolute Gasteiger partial charge is 0.266 e. The van der Waals surface area contributed by atoms with Crippen LogP contribution in [0.1, 0.15) is 43.2 Å². The highest BCUT2D eigenvalue weighted by atomic mass is 32.2. The molecule has 2 aromatic carbocycles. The van der Waals surface area contributed by atoms with E-state index in [0.29, 0.717) is 38.2 Å². The van der Waals surface area contributed by atoms with Crippen LogP contribution in [0.25, 0.3) is 16.6 Å². The summed E-state index contributed by atoms with van der Waals surface area (Å²) in [5, 5.41) is 14.4. The number of fused-ring (bicyclic) bond motifs is 2. The van der Waals surface area contributed by atoms with Crippen LogP contribution in [0.15, 0.2) is 64.5 Å². The summed E-state index contributed by atoms with van der Waals surface area (Å²) < 4.78 is 1.55. The Bertz CT molecular complexity index is 1580. The van der Waals surface area contributed by atoms with Crippen molar-refractivity contribution in [1.29, 1.82) is 5.26 Å². The van der Waals surface area contributed by atoms with E-state index in [1.54, 1.807) is 16.7 Å². The maximum absolute atomic E-state index is 13.4. The van der Waals surface area contributed by atoms with Gasteiger partial charge in [-0.1, -0.05) is 62.9 Å². The lowest BCUT2D eigenvalue weighted by molar-refractivity contribution is -0.113. The molecule has 6 nitrogen and oxygen atoms in total. The predicted molar refractivity (Wildman–Crippen MR) is 151 cm³/mol. The van der Waals surface area contributed by atoms with Crippen LogP contribution >= 0.6 is 23.1 Å². The van der Waals surface area contributed by atoms with Crippen LogP contribution < -0.4 is 10.9 Å². The molecule has 37 heavy (non-hydrogen) atoms. The Hall–Kier alpha value is -3.41. The first-order chi connectivity index (χ1) is 17.8. The second kappa shape index (κ2) is 10.2. The number of thiophene rings is 1. The molecule has 2 aromatic heterocycles. The largest absolute Gasteiger partial charge is 0.316 e. The van der Waals surface area contributed by atoms with Gasteiger partial charge in [0.05, 0.1) is 27.9 Å². The number of rotatable bonds is 5. The van der Waals surface area contributed by atoms with Crippen molar-refractivity contribution in [3.63, 3.8) is 0 Å². The molecule has 0 saturated carbocycles. The topological polar surface area (TPSA) is 87.8 Å². The third kappa shape index (κ3) is 5.07. The number of aromatic nitrogens is 2. The van der Waals surface area contributed by atoms with Crippen molar-refractivity contribution in [2.75, 3.05) is 11.1 Å². The fourth-order valence-corrected chi connectivity index (χ4v) is 6.94. The summed E-state index contributed by atoms with van der Waals surface area (Å²) >= 11 is 2.74. The fourth-order valence-electron chi connectivity index (χ4n) is 4.84. The number of nitrogens with one attached hydrogen (secondary N) is 1. The number of anilines is 1. The summed E-state index contributed by atoms with van der Waals surface area (Å²) in [5.74, 6) is 0.392. The van der Waals surface area contributed by atoms with E-state index in [9.17, 15) is 14.9 Å². The van der Waals surface area contributed by atoms with Crippen molar-refractivity contribution in [1.82, 2.24) is 9.55 Å². The summed E-state index contributed by atoms with van der Waals surface area (Å²) in [7, 11) is 0. The van der Waals surface area contributed by atoms with Gasteiger partial charge in [0, 0.05) is 4.88 Å². The Kier molecular flexibility index (Phi) is 6.93. The van der Waals surface area contributed by atoms with Gasteiger partial charge < -0.3 is 5.32 Å². The van der Waals surface area contributed by atoms with E-state index in [-0.39, 0.29) is 22.6 Å². The Morgan fingerprint density at radius 3 is 2.65 bits per heavy atom. The van der Waals surface area contributed by atoms with E-state index < -0.39 is 0 Å². The Morgan fingerprint density at radius 2 is 1.92 bits per heavy atom. The zero-order valence-corrected chi connectivity index (χ0v) is 22.7. The van der Waals surface area contributed by atoms with Gasteiger partial charge in [0.2, 0.25) is 5.91 Å². The molecule has 1 amide bonds. The molecular weight excluding hydrogens is 500 g/mol. The van der Waals surface area contributed by atoms with E-state index in [1.165, 1.54) is 28.0 Å². The summed E-state index contributed by atoms with van der Waals surface area (Å²) in [6.07, 6.45) is 2.86. The Balaban J connectivity index is 1.39. The lowest BCUT2D eigenvalue weighted by Gasteiger charge is -2.33. The van der Waals surface area contributed by atoms with Gasteiger partial charge in [-0.2, -0.15) is 5.26 Å². The number of hydrogen-bond donors (Lipinski definition) is 1. The van der Waals surface area contributed by atoms with Crippen LogP contribution in [0, 0.1) is 22.7 Å². The van der Waals surface area contributed by atoms with Gasteiger partial charge in [-0.05, 0) is 60.4 Å². The fraction of sp³-hybridized carbons (Fsp3) is 0.310. The average Bonchev–Trinajstić information content (AvgIpc) is 3.23. The number of nitrogens with zero attached hydrogens (tertiary/aromatic N) is 3. The van der Waals surface area contributed by atoms with Crippen LogP contribution in [0.2, 0.25) is 0 Å². The molecule has 188 valence electrons. The number of carbonyl (C=O) groups is 1. The van der Waals surface area contributed by atoms with E-state index in [2.05, 4.69) is 32.2 Å². The van der Waals surface area contributed by atoms with Crippen LogP contribution in [0.4, 0.5) is 5.00 Å². The lowest BCUT2D eigenvalue weighted by atomic mass is 9.72. The van der Waals surface area contributed by atoms with Gasteiger partial charge in [-0.25, -0.2) is 4.98 Å². The summed E-state index contributed by atoms with van der Waals surface area (Å²) in [6, 6.07) is 18.9. The summed E-state index contributed by atoms with van der Waals surface area (Å²) in [5.41, 5.74) is 3.00. The maximum atomic E-state index is 13.4. The monoisotopic (exact) mass is 528 g/mol. The molecule has 0 saturated heterocycles. The van der Waals surface area contributed by atoms with Crippen molar-refractivity contribution < 1.29 is 4.79 Å². The molecule has 1 aliphatic carbocycles. The van der Waals surface area contributed by atoms with Crippen LogP contribution in [-0.4, -0.2) is 21.2 Å². The first-order valence-corrected chi connectivity index (χ1v) is 14.1. The van der Waals surface area contributed by atoms with E-state index in [0.717, 1.165) is 24.8 Å². The molecule has 0 fully saturated rings. The van der Waals surface area contributed by atoms with Crippen LogP contribution in [0.3, 0.4) is 0 Å². The highest BCUT2D eigenvalue weighted by Gasteiger charge is 2.32. The van der Waals surface area contributed by atoms with Gasteiger partial charge in [-0.15, -0.1) is 11.3 Å². The number of hydrogen-bond acceptors (Lipinski definition) is 6. The second-order valence-corrected chi connectivity index (χ2v) is 12.4. The summed E-state index contributed by atoms with van der Waals surface area (Å²) in [4.78, 5) is 32.3. The van der Waals surface area contributed by atoms with E-state index >= 15 is 0 Å². The van der Waals surface area contributed by atoms with Crippen molar-refractivity contribution in [2.45, 2.75) is 45.2 Å². The van der Waals surface area contributed by atoms with Gasteiger partial charge in [-0.3, -0.25) is 14.2 Å². The van der Waals surface area contributed by atoms with Crippen LogP contribution in [-0.2, 0) is 17.6 Å². The van der Waals surface area contributed by atoms with Gasteiger partial charge in [0.25, 0.3) is 5.56 Å². The zero-order valence-electron chi connectivity index (χ0n) is 21.1. The van der Waals surface area contributed by atoms with Crippen molar-refractivity contribution in [3.05, 3.63) is 81.0 Å². The number of benzene rings is 2. The molecule has 4 aromatic rings. The van der Waals surface area contributed by atoms with Gasteiger partial charge in [0.1, 0.15) is 11.1 Å². The third-order valence-corrected chi connectivity index (χ3v) is 9.05. The molecule has 2 heterocycles. The molecule has 8 heteroatoms. The SMILES string of the molecule is CC(C)(C)[C@H]1CCc2c(sc(NC(=O)CSc3nc4ccccc4c(=O)n3-c3ccccc3)c2C#N)C1. The maximum Gasteiger partial charge on any atom is 0.266 e. The minimum absolute atomic E-state index is 0.0651. The minimum Gasteiger partial charge on any atom is -0.316 e. The number of para-hydroxylation sites is 2. The number of nitriles is 1. The molecule has 0 aliphatic heterocycles. The number of amides is 1. The van der Waals surface area contributed by atoms with Gasteiger partial charge >= 0.3 is 0 Å². The molecule has 0 unspecified atom stereocenters. The molecule has 1 N–H and O–H groups in total.